The third-order valence-corrected chi connectivity index (χ3v) is 2.59. The van der Waals surface area contributed by atoms with Crippen molar-refractivity contribution < 1.29 is 4.74 Å². The van der Waals surface area contributed by atoms with Crippen molar-refractivity contribution in [1.82, 2.24) is 25.5 Å². The SMILES string of the molecule is CCCNC(C)c1nnnn1C(C)COCC. The van der Waals surface area contributed by atoms with Gasteiger partial charge in [0.1, 0.15) is 0 Å². The van der Waals surface area contributed by atoms with Gasteiger partial charge in [-0.05, 0) is 44.2 Å². The lowest BCUT2D eigenvalue weighted by Gasteiger charge is -2.17. The molecule has 0 aromatic carbocycles. The number of nitrogens with one attached hydrogen (secondary N) is 1. The van der Waals surface area contributed by atoms with Crippen molar-refractivity contribution >= 4 is 0 Å². The normalized spacial score (nSPS) is 14.8. The van der Waals surface area contributed by atoms with E-state index in [9.17, 15) is 0 Å². The Balaban J connectivity index is 2.63. The highest BCUT2D eigenvalue weighted by Crippen LogP contribution is 2.13. The van der Waals surface area contributed by atoms with Gasteiger partial charge in [-0.25, -0.2) is 4.68 Å². The van der Waals surface area contributed by atoms with Gasteiger partial charge in [-0.2, -0.15) is 0 Å². The molecule has 1 aromatic rings. The van der Waals surface area contributed by atoms with Crippen LogP contribution in [0.2, 0.25) is 0 Å². The van der Waals surface area contributed by atoms with Crippen LogP contribution in [0.15, 0.2) is 0 Å². The summed E-state index contributed by atoms with van der Waals surface area (Å²) in [6.07, 6.45) is 1.10. The smallest absolute Gasteiger partial charge is 0.168 e. The van der Waals surface area contributed by atoms with Crippen molar-refractivity contribution in [3.63, 3.8) is 0 Å². The quantitative estimate of drug-likeness (QED) is 0.744. The van der Waals surface area contributed by atoms with Crippen LogP contribution in [0.5, 0.6) is 0 Å². The Bertz CT molecular complexity index is 286. The molecular weight excluding hydrogens is 218 g/mol. The van der Waals surface area contributed by atoms with Gasteiger partial charge in [0.05, 0.1) is 18.7 Å². The zero-order chi connectivity index (χ0) is 12.7. The Labute approximate surface area is 103 Å². The van der Waals surface area contributed by atoms with E-state index in [-0.39, 0.29) is 12.1 Å². The van der Waals surface area contributed by atoms with Crippen LogP contribution in [0.1, 0.15) is 52.0 Å². The first-order valence-corrected chi connectivity index (χ1v) is 6.29. The largest absolute Gasteiger partial charge is 0.380 e. The van der Waals surface area contributed by atoms with Crippen molar-refractivity contribution in [3.8, 4) is 0 Å². The third kappa shape index (κ3) is 4.05. The van der Waals surface area contributed by atoms with E-state index in [4.69, 9.17) is 4.74 Å². The molecule has 6 heteroatoms. The van der Waals surface area contributed by atoms with E-state index in [2.05, 4.69) is 41.6 Å². The van der Waals surface area contributed by atoms with Crippen LogP contribution in [0.3, 0.4) is 0 Å². The van der Waals surface area contributed by atoms with Crippen LogP contribution in [0.25, 0.3) is 0 Å². The van der Waals surface area contributed by atoms with Crippen molar-refractivity contribution in [2.45, 2.75) is 46.2 Å². The lowest BCUT2D eigenvalue weighted by Crippen LogP contribution is -2.25. The second kappa shape index (κ2) is 7.34. The van der Waals surface area contributed by atoms with E-state index in [0.29, 0.717) is 13.2 Å². The topological polar surface area (TPSA) is 64.9 Å². The summed E-state index contributed by atoms with van der Waals surface area (Å²) in [4.78, 5) is 0. The van der Waals surface area contributed by atoms with Gasteiger partial charge >= 0.3 is 0 Å². The zero-order valence-corrected chi connectivity index (χ0v) is 11.2. The summed E-state index contributed by atoms with van der Waals surface area (Å²) >= 11 is 0. The third-order valence-electron chi connectivity index (χ3n) is 2.59. The number of hydrogen-bond acceptors (Lipinski definition) is 5. The van der Waals surface area contributed by atoms with Gasteiger partial charge in [-0.1, -0.05) is 6.92 Å². The molecule has 0 aliphatic rings. The molecule has 1 aromatic heterocycles. The first-order valence-electron chi connectivity index (χ1n) is 6.29. The van der Waals surface area contributed by atoms with Gasteiger partial charge in [0.25, 0.3) is 0 Å². The second-order valence-corrected chi connectivity index (χ2v) is 4.17. The van der Waals surface area contributed by atoms with Crippen molar-refractivity contribution in [2.75, 3.05) is 19.8 Å². The van der Waals surface area contributed by atoms with E-state index < -0.39 is 0 Å². The average Bonchev–Trinajstić information content (AvgIpc) is 2.82. The number of ether oxygens (including phenoxy) is 1. The molecule has 1 N–H and O–H groups in total. The number of tetrazole rings is 1. The Morgan fingerprint density at radius 3 is 2.76 bits per heavy atom. The first kappa shape index (κ1) is 14.1. The number of rotatable bonds is 8. The molecule has 0 bridgehead atoms. The van der Waals surface area contributed by atoms with Gasteiger partial charge in [0.15, 0.2) is 5.82 Å². The summed E-state index contributed by atoms with van der Waals surface area (Å²) in [5.41, 5.74) is 0. The summed E-state index contributed by atoms with van der Waals surface area (Å²) < 4.78 is 7.23. The summed E-state index contributed by atoms with van der Waals surface area (Å²) in [6, 6.07) is 0.319. The van der Waals surface area contributed by atoms with Gasteiger partial charge in [0.2, 0.25) is 0 Å². The minimum Gasteiger partial charge on any atom is -0.380 e. The Morgan fingerprint density at radius 1 is 1.35 bits per heavy atom. The van der Waals surface area contributed by atoms with Crippen LogP contribution < -0.4 is 5.32 Å². The van der Waals surface area contributed by atoms with Gasteiger partial charge in [-0.15, -0.1) is 5.10 Å². The second-order valence-electron chi connectivity index (χ2n) is 4.17. The minimum atomic E-state index is 0.158. The average molecular weight is 241 g/mol. The number of aromatic nitrogens is 4. The summed E-state index contributed by atoms with van der Waals surface area (Å²) in [6.45, 7) is 10.6. The van der Waals surface area contributed by atoms with Crippen LogP contribution in [0, 0.1) is 0 Å². The maximum atomic E-state index is 5.40. The molecule has 0 saturated heterocycles. The van der Waals surface area contributed by atoms with Crippen molar-refractivity contribution in [2.24, 2.45) is 0 Å². The van der Waals surface area contributed by atoms with Crippen molar-refractivity contribution in [1.29, 1.82) is 0 Å². The fourth-order valence-electron chi connectivity index (χ4n) is 1.61. The summed E-state index contributed by atoms with van der Waals surface area (Å²) in [7, 11) is 0. The molecular formula is C11H23N5O. The van der Waals surface area contributed by atoms with Crippen LogP contribution in [-0.2, 0) is 4.74 Å². The molecule has 1 heterocycles. The highest BCUT2D eigenvalue weighted by atomic mass is 16.5. The lowest BCUT2D eigenvalue weighted by atomic mass is 10.2. The number of nitrogens with zero attached hydrogens (tertiary/aromatic N) is 4. The molecule has 2 atom stereocenters. The fourth-order valence-corrected chi connectivity index (χ4v) is 1.61. The molecule has 0 aliphatic carbocycles. The van der Waals surface area contributed by atoms with Gasteiger partial charge < -0.3 is 10.1 Å². The van der Waals surface area contributed by atoms with E-state index >= 15 is 0 Å². The molecule has 17 heavy (non-hydrogen) atoms. The molecule has 0 saturated carbocycles. The number of hydrogen-bond donors (Lipinski definition) is 1. The van der Waals surface area contributed by atoms with E-state index in [1.54, 1.807) is 0 Å². The van der Waals surface area contributed by atoms with Crippen LogP contribution in [-0.4, -0.2) is 40.0 Å². The molecule has 0 fully saturated rings. The zero-order valence-electron chi connectivity index (χ0n) is 11.2. The Kier molecular flexibility index (Phi) is 6.07. The molecule has 1 rings (SSSR count). The maximum absolute atomic E-state index is 5.40. The van der Waals surface area contributed by atoms with Crippen molar-refractivity contribution in [3.05, 3.63) is 5.82 Å². The summed E-state index contributed by atoms with van der Waals surface area (Å²) in [5, 5.41) is 15.2. The first-order chi connectivity index (χ1) is 8.20. The Morgan fingerprint density at radius 2 is 2.12 bits per heavy atom. The Hall–Kier alpha value is -1.01. The van der Waals surface area contributed by atoms with Crippen LogP contribution >= 0.6 is 0 Å². The maximum Gasteiger partial charge on any atom is 0.168 e. The van der Waals surface area contributed by atoms with E-state index in [1.165, 1.54) is 0 Å². The van der Waals surface area contributed by atoms with E-state index in [1.807, 2.05) is 11.6 Å². The molecule has 6 nitrogen and oxygen atoms in total. The minimum absolute atomic E-state index is 0.158. The molecule has 98 valence electrons. The molecule has 0 aliphatic heterocycles. The van der Waals surface area contributed by atoms with Gasteiger partial charge in [0, 0.05) is 6.61 Å². The van der Waals surface area contributed by atoms with Crippen LogP contribution in [0.4, 0.5) is 0 Å². The predicted molar refractivity (Wildman–Crippen MR) is 65.7 cm³/mol. The standard InChI is InChI=1S/C11H23N5O/c1-5-7-12-10(4)11-13-14-15-16(11)9(3)8-17-6-2/h9-10,12H,5-8H2,1-4H3. The summed E-state index contributed by atoms with van der Waals surface area (Å²) in [5.74, 6) is 0.866. The highest BCUT2D eigenvalue weighted by Gasteiger charge is 2.17. The molecule has 0 radical (unpaired) electrons. The monoisotopic (exact) mass is 241 g/mol. The fraction of sp³-hybridized carbons (Fsp3) is 0.909. The lowest BCUT2D eigenvalue weighted by molar-refractivity contribution is 0.112. The van der Waals surface area contributed by atoms with Gasteiger partial charge in [-0.3, -0.25) is 0 Å². The molecule has 0 amide bonds. The highest BCUT2D eigenvalue weighted by molar-refractivity contribution is 4.91. The predicted octanol–water partition coefficient (Wildman–Crippen LogP) is 1.33. The molecule has 0 spiro atoms. The molecule has 2 unspecified atom stereocenters. The van der Waals surface area contributed by atoms with E-state index in [0.717, 1.165) is 18.8 Å².